The highest BCUT2D eigenvalue weighted by Gasteiger charge is 2.44. The molecular formula is C26H48O3. The summed E-state index contributed by atoms with van der Waals surface area (Å²) < 4.78 is 4.82. The van der Waals surface area contributed by atoms with Crippen LogP contribution < -0.4 is 0 Å². The first-order valence-corrected chi connectivity index (χ1v) is 12.9. The van der Waals surface area contributed by atoms with Crippen LogP contribution in [-0.2, 0) is 14.3 Å². The normalized spacial score (nSPS) is 20.2. The Kier molecular flexibility index (Phi) is 15.2. The Morgan fingerprint density at radius 1 is 0.655 bits per heavy atom. The van der Waals surface area contributed by atoms with Gasteiger partial charge < -0.3 is 4.74 Å². The van der Waals surface area contributed by atoms with Crippen LogP contribution in [0.25, 0.3) is 0 Å². The summed E-state index contributed by atoms with van der Waals surface area (Å²) in [7, 11) is 0. The number of esters is 2. The molecule has 0 bridgehead atoms. The van der Waals surface area contributed by atoms with Gasteiger partial charge >= 0.3 is 11.9 Å². The van der Waals surface area contributed by atoms with Crippen LogP contribution in [0.3, 0.4) is 0 Å². The average Bonchev–Trinajstić information content (AvgIpc) is 2.96. The van der Waals surface area contributed by atoms with E-state index in [2.05, 4.69) is 13.8 Å². The smallest absolute Gasteiger partial charge is 0.317 e. The molecule has 1 fully saturated rings. The van der Waals surface area contributed by atoms with E-state index in [0.29, 0.717) is 5.92 Å². The second kappa shape index (κ2) is 16.9. The van der Waals surface area contributed by atoms with Crippen molar-refractivity contribution in [2.24, 2.45) is 17.8 Å². The van der Waals surface area contributed by atoms with Crippen LogP contribution in [0, 0.1) is 17.8 Å². The monoisotopic (exact) mass is 408 g/mol. The van der Waals surface area contributed by atoms with Crippen molar-refractivity contribution in [1.29, 1.82) is 0 Å². The Morgan fingerprint density at radius 2 is 1.07 bits per heavy atom. The van der Waals surface area contributed by atoms with Crippen LogP contribution in [0.1, 0.15) is 136 Å². The Balaban J connectivity index is 1.89. The molecule has 170 valence electrons. The van der Waals surface area contributed by atoms with E-state index < -0.39 is 0 Å². The summed E-state index contributed by atoms with van der Waals surface area (Å²) >= 11 is 0. The molecule has 0 radical (unpaired) electrons. The van der Waals surface area contributed by atoms with Gasteiger partial charge in [0.05, 0.1) is 11.8 Å². The standard InChI is InChI=1S/C26H48O3/c1-4-6-7-8-9-10-11-12-13-14-15-16-17-18-19-20-21-23(5-2)24-22(3)25(27)29-26(24)28/h22-24H,4-21H2,1-3H3. The van der Waals surface area contributed by atoms with Gasteiger partial charge in [0.25, 0.3) is 0 Å². The predicted molar refractivity (Wildman–Crippen MR) is 122 cm³/mol. The lowest BCUT2D eigenvalue weighted by molar-refractivity contribution is -0.154. The van der Waals surface area contributed by atoms with E-state index in [0.717, 1.165) is 12.8 Å². The van der Waals surface area contributed by atoms with Crippen LogP contribution in [0.5, 0.6) is 0 Å². The lowest BCUT2D eigenvalue weighted by Crippen LogP contribution is -2.24. The van der Waals surface area contributed by atoms with Crippen molar-refractivity contribution in [3.63, 3.8) is 0 Å². The van der Waals surface area contributed by atoms with Crippen molar-refractivity contribution in [2.45, 2.75) is 136 Å². The van der Waals surface area contributed by atoms with Crippen molar-refractivity contribution in [1.82, 2.24) is 0 Å². The van der Waals surface area contributed by atoms with E-state index in [1.165, 1.54) is 103 Å². The van der Waals surface area contributed by atoms with Gasteiger partial charge in [-0.2, -0.15) is 0 Å². The fourth-order valence-electron chi connectivity index (χ4n) is 4.80. The van der Waals surface area contributed by atoms with Gasteiger partial charge in [-0.25, -0.2) is 0 Å². The number of hydrogen-bond acceptors (Lipinski definition) is 3. The van der Waals surface area contributed by atoms with Gasteiger partial charge in [-0.15, -0.1) is 0 Å². The molecule has 3 nitrogen and oxygen atoms in total. The molecule has 1 aliphatic heterocycles. The average molecular weight is 409 g/mol. The van der Waals surface area contributed by atoms with E-state index >= 15 is 0 Å². The minimum absolute atomic E-state index is 0.205. The number of hydrogen-bond donors (Lipinski definition) is 0. The zero-order chi connectivity index (χ0) is 21.3. The summed E-state index contributed by atoms with van der Waals surface area (Å²) in [6.45, 7) is 6.25. The fourth-order valence-corrected chi connectivity index (χ4v) is 4.80. The molecule has 0 aromatic rings. The first kappa shape index (κ1) is 26.2. The molecule has 0 N–H and O–H groups in total. The van der Waals surface area contributed by atoms with Gasteiger partial charge in [-0.1, -0.05) is 130 Å². The van der Waals surface area contributed by atoms with Crippen molar-refractivity contribution in [2.75, 3.05) is 0 Å². The highest BCUT2D eigenvalue weighted by atomic mass is 16.6. The van der Waals surface area contributed by atoms with Crippen molar-refractivity contribution in [3.8, 4) is 0 Å². The Morgan fingerprint density at radius 3 is 1.41 bits per heavy atom. The molecule has 0 saturated carbocycles. The molecule has 0 aromatic carbocycles. The van der Waals surface area contributed by atoms with Gasteiger partial charge in [0.15, 0.2) is 0 Å². The SMILES string of the molecule is CCCCCCCCCCCCCCCCCCC(CC)C1C(=O)OC(=O)C1C. The minimum Gasteiger partial charge on any atom is -0.393 e. The third-order valence-corrected chi connectivity index (χ3v) is 6.84. The lowest BCUT2D eigenvalue weighted by atomic mass is 9.79. The number of ether oxygens (including phenoxy) is 1. The molecule has 3 atom stereocenters. The predicted octanol–water partition coefficient (Wildman–Crippen LogP) is 8.00. The van der Waals surface area contributed by atoms with Gasteiger partial charge in [0.2, 0.25) is 0 Å². The van der Waals surface area contributed by atoms with Crippen LogP contribution in [0.4, 0.5) is 0 Å². The molecule has 0 aromatic heterocycles. The summed E-state index contributed by atoms with van der Waals surface area (Å²) in [4.78, 5) is 23.5. The zero-order valence-corrected chi connectivity index (χ0v) is 19.7. The lowest BCUT2D eigenvalue weighted by Gasteiger charge is -2.21. The van der Waals surface area contributed by atoms with Gasteiger partial charge in [-0.3, -0.25) is 9.59 Å². The quantitative estimate of drug-likeness (QED) is 0.123. The van der Waals surface area contributed by atoms with Crippen molar-refractivity contribution in [3.05, 3.63) is 0 Å². The molecular weight excluding hydrogens is 360 g/mol. The third kappa shape index (κ3) is 11.2. The third-order valence-electron chi connectivity index (χ3n) is 6.84. The molecule has 0 aliphatic carbocycles. The van der Waals surface area contributed by atoms with Crippen molar-refractivity contribution >= 4 is 11.9 Å². The molecule has 3 heteroatoms. The Hall–Kier alpha value is -0.860. The highest BCUT2D eigenvalue weighted by Crippen LogP contribution is 2.34. The highest BCUT2D eigenvalue weighted by molar-refractivity contribution is 5.96. The number of rotatable bonds is 19. The van der Waals surface area contributed by atoms with E-state index in [9.17, 15) is 9.59 Å². The zero-order valence-electron chi connectivity index (χ0n) is 19.7. The number of unbranched alkanes of at least 4 members (excludes halogenated alkanes) is 15. The molecule has 29 heavy (non-hydrogen) atoms. The van der Waals surface area contributed by atoms with Crippen LogP contribution in [0.15, 0.2) is 0 Å². The second-order valence-electron chi connectivity index (χ2n) is 9.31. The molecule has 3 unspecified atom stereocenters. The van der Waals surface area contributed by atoms with E-state index in [1.54, 1.807) is 0 Å². The fraction of sp³-hybridized carbons (Fsp3) is 0.923. The largest absolute Gasteiger partial charge is 0.393 e. The van der Waals surface area contributed by atoms with E-state index in [-0.39, 0.29) is 23.8 Å². The first-order chi connectivity index (χ1) is 14.1. The maximum atomic E-state index is 11.9. The van der Waals surface area contributed by atoms with Crippen molar-refractivity contribution < 1.29 is 14.3 Å². The number of carbonyl (C=O) groups is 2. The molecule has 1 rings (SSSR count). The summed E-state index contributed by atoms with van der Waals surface area (Å²) in [5, 5.41) is 0. The summed E-state index contributed by atoms with van der Waals surface area (Å²) in [6.07, 6.45) is 24.0. The molecule has 1 saturated heterocycles. The Labute approximate surface area is 180 Å². The van der Waals surface area contributed by atoms with Gasteiger partial charge in [0.1, 0.15) is 0 Å². The number of cyclic esters (lactones) is 2. The van der Waals surface area contributed by atoms with Crippen LogP contribution >= 0.6 is 0 Å². The first-order valence-electron chi connectivity index (χ1n) is 12.9. The summed E-state index contributed by atoms with van der Waals surface area (Å²) in [5.74, 6) is -0.774. The molecule has 1 heterocycles. The topological polar surface area (TPSA) is 43.4 Å². The maximum absolute atomic E-state index is 11.9. The maximum Gasteiger partial charge on any atom is 0.317 e. The molecule has 1 aliphatic rings. The summed E-state index contributed by atoms with van der Waals surface area (Å²) in [5.41, 5.74) is 0. The summed E-state index contributed by atoms with van der Waals surface area (Å²) in [6, 6.07) is 0. The second-order valence-corrected chi connectivity index (χ2v) is 9.31. The van der Waals surface area contributed by atoms with Crippen LogP contribution in [0.2, 0.25) is 0 Å². The van der Waals surface area contributed by atoms with Gasteiger partial charge in [-0.05, 0) is 12.3 Å². The van der Waals surface area contributed by atoms with E-state index in [1.807, 2.05) is 6.92 Å². The van der Waals surface area contributed by atoms with Crippen LogP contribution in [-0.4, -0.2) is 11.9 Å². The molecule has 0 amide bonds. The Bertz CT molecular complexity index is 432. The minimum atomic E-state index is -0.328. The molecule has 0 spiro atoms. The number of carbonyl (C=O) groups excluding carboxylic acids is 2. The van der Waals surface area contributed by atoms with E-state index in [4.69, 9.17) is 4.74 Å². The van der Waals surface area contributed by atoms with Gasteiger partial charge in [0, 0.05) is 0 Å².